The highest BCUT2D eigenvalue weighted by Gasteiger charge is 2.17. The van der Waals surface area contributed by atoms with Crippen molar-refractivity contribution in [2.75, 3.05) is 7.11 Å². The molecule has 0 saturated carbocycles. The van der Waals surface area contributed by atoms with Crippen molar-refractivity contribution in [2.24, 2.45) is 0 Å². The molecule has 1 N–H and O–H groups in total. The zero-order valence-corrected chi connectivity index (χ0v) is 9.02. The van der Waals surface area contributed by atoms with Crippen LogP contribution in [0.25, 0.3) is 0 Å². The van der Waals surface area contributed by atoms with E-state index in [1.807, 2.05) is 0 Å². The molecule has 13 heavy (non-hydrogen) atoms. The molecule has 0 atom stereocenters. The minimum absolute atomic E-state index is 0.0291. The Bertz CT molecular complexity index is 351. The fraction of sp³-hybridized carbons (Fsp3) is 0.125. The SMILES string of the molecule is COc1ccc(Br)c(O)c1C(=O)Cl. The summed E-state index contributed by atoms with van der Waals surface area (Å²) < 4.78 is 5.26. The molecule has 0 fully saturated rings. The first kappa shape index (κ1) is 10.3. The maximum atomic E-state index is 10.9. The largest absolute Gasteiger partial charge is 0.506 e. The summed E-state index contributed by atoms with van der Waals surface area (Å²) in [4.78, 5) is 10.9. The van der Waals surface area contributed by atoms with Crippen molar-refractivity contribution in [3.8, 4) is 11.5 Å². The lowest BCUT2D eigenvalue weighted by Crippen LogP contribution is -1.96. The normalized spacial score (nSPS) is 9.77. The fourth-order valence-electron chi connectivity index (χ4n) is 0.907. The Labute approximate surface area is 88.4 Å². The highest BCUT2D eigenvalue weighted by atomic mass is 79.9. The minimum atomic E-state index is -0.754. The molecule has 0 spiro atoms. The highest BCUT2D eigenvalue weighted by molar-refractivity contribution is 9.10. The standard InChI is InChI=1S/C8H6BrClO3/c1-13-5-3-2-4(9)7(11)6(5)8(10)12/h2-3,11H,1H3. The van der Waals surface area contributed by atoms with Gasteiger partial charge in [0.15, 0.2) is 0 Å². The summed E-state index contributed by atoms with van der Waals surface area (Å²) in [5.41, 5.74) is -0.0291. The van der Waals surface area contributed by atoms with E-state index in [4.69, 9.17) is 16.3 Å². The molecule has 1 aromatic rings. The van der Waals surface area contributed by atoms with Gasteiger partial charge in [-0.3, -0.25) is 4.79 Å². The lowest BCUT2D eigenvalue weighted by molar-refractivity contribution is 0.107. The van der Waals surface area contributed by atoms with Crippen LogP contribution in [0.5, 0.6) is 11.5 Å². The lowest BCUT2D eigenvalue weighted by atomic mass is 10.2. The van der Waals surface area contributed by atoms with Crippen molar-refractivity contribution < 1.29 is 14.6 Å². The molecular formula is C8H6BrClO3. The molecule has 0 bridgehead atoms. The molecular weight excluding hydrogens is 259 g/mol. The van der Waals surface area contributed by atoms with Crippen LogP contribution in [0, 0.1) is 0 Å². The van der Waals surface area contributed by atoms with Gasteiger partial charge in [-0.15, -0.1) is 0 Å². The van der Waals surface area contributed by atoms with Gasteiger partial charge >= 0.3 is 0 Å². The van der Waals surface area contributed by atoms with Gasteiger partial charge in [0.25, 0.3) is 5.24 Å². The van der Waals surface area contributed by atoms with Crippen LogP contribution in [0.15, 0.2) is 16.6 Å². The molecule has 0 aliphatic rings. The third-order valence-electron chi connectivity index (χ3n) is 1.51. The van der Waals surface area contributed by atoms with E-state index in [9.17, 15) is 9.90 Å². The molecule has 0 aliphatic heterocycles. The van der Waals surface area contributed by atoms with Gasteiger partial charge in [-0.25, -0.2) is 0 Å². The number of hydrogen-bond donors (Lipinski definition) is 1. The Hall–Kier alpha value is -0.740. The van der Waals surface area contributed by atoms with Crippen molar-refractivity contribution in [1.82, 2.24) is 0 Å². The summed E-state index contributed by atoms with van der Waals surface area (Å²) in [6.07, 6.45) is 0. The van der Waals surface area contributed by atoms with E-state index in [0.717, 1.165) is 0 Å². The first-order chi connectivity index (χ1) is 6.07. The second kappa shape index (κ2) is 3.98. The van der Waals surface area contributed by atoms with E-state index < -0.39 is 5.24 Å². The van der Waals surface area contributed by atoms with E-state index in [1.54, 1.807) is 12.1 Å². The Balaban J connectivity index is 3.41. The number of hydrogen-bond acceptors (Lipinski definition) is 3. The van der Waals surface area contributed by atoms with E-state index in [-0.39, 0.29) is 17.1 Å². The maximum Gasteiger partial charge on any atom is 0.259 e. The van der Waals surface area contributed by atoms with Crippen molar-refractivity contribution in [1.29, 1.82) is 0 Å². The average Bonchev–Trinajstić information content (AvgIpc) is 2.08. The van der Waals surface area contributed by atoms with Crippen LogP contribution < -0.4 is 4.74 Å². The molecule has 3 nitrogen and oxygen atoms in total. The average molecular weight is 265 g/mol. The van der Waals surface area contributed by atoms with Crippen molar-refractivity contribution in [3.63, 3.8) is 0 Å². The van der Waals surface area contributed by atoms with E-state index >= 15 is 0 Å². The molecule has 5 heteroatoms. The molecule has 0 aliphatic carbocycles. The monoisotopic (exact) mass is 264 g/mol. The number of phenols is 1. The fourth-order valence-corrected chi connectivity index (χ4v) is 1.42. The van der Waals surface area contributed by atoms with Gasteiger partial charge in [-0.2, -0.15) is 0 Å². The zero-order chi connectivity index (χ0) is 10.0. The number of aromatic hydroxyl groups is 1. The zero-order valence-electron chi connectivity index (χ0n) is 6.67. The number of ether oxygens (including phenoxy) is 1. The van der Waals surface area contributed by atoms with Crippen LogP contribution in [0.4, 0.5) is 0 Å². The summed E-state index contributed by atoms with van der Waals surface area (Å²) in [5, 5.41) is 8.69. The van der Waals surface area contributed by atoms with Crippen LogP contribution >= 0.6 is 27.5 Å². The Kier molecular flexibility index (Phi) is 3.17. The third kappa shape index (κ3) is 1.95. The van der Waals surface area contributed by atoms with Crippen molar-refractivity contribution in [2.45, 2.75) is 0 Å². The van der Waals surface area contributed by atoms with E-state index in [2.05, 4.69) is 15.9 Å². The predicted molar refractivity (Wildman–Crippen MR) is 52.5 cm³/mol. The number of benzene rings is 1. The van der Waals surface area contributed by atoms with Crippen molar-refractivity contribution >= 4 is 32.8 Å². The molecule has 0 aromatic heterocycles. The number of rotatable bonds is 2. The minimum Gasteiger partial charge on any atom is -0.506 e. The number of carbonyl (C=O) groups excluding carboxylic acids is 1. The third-order valence-corrected chi connectivity index (χ3v) is 2.34. The second-order valence-electron chi connectivity index (χ2n) is 2.25. The van der Waals surface area contributed by atoms with E-state index in [0.29, 0.717) is 4.47 Å². The summed E-state index contributed by atoms with van der Waals surface area (Å²) in [6.45, 7) is 0. The molecule has 0 heterocycles. The Morgan fingerprint density at radius 3 is 2.69 bits per heavy atom. The molecule has 70 valence electrons. The molecule has 0 radical (unpaired) electrons. The second-order valence-corrected chi connectivity index (χ2v) is 3.44. The quantitative estimate of drug-likeness (QED) is 0.836. The van der Waals surface area contributed by atoms with Crippen LogP contribution in [-0.2, 0) is 0 Å². The van der Waals surface area contributed by atoms with Gasteiger partial charge in [-0.05, 0) is 39.7 Å². The number of halogens is 2. The van der Waals surface area contributed by atoms with Gasteiger partial charge in [0.2, 0.25) is 0 Å². The van der Waals surface area contributed by atoms with Gasteiger partial charge < -0.3 is 9.84 Å². The lowest BCUT2D eigenvalue weighted by Gasteiger charge is -2.07. The first-order valence-corrected chi connectivity index (χ1v) is 4.50. The Morgan fingerprint density at radius 2 is 2.23 bits per heavy atom. The van der Waals surface area contributed by atoms with E-state index in [1.165, 1.54) is 7.11 Å². The molecule has 0 unspecified atom stereocenters. The summed E-state index contributed by atoms with van der Waals surface area (Å²) in [6, 6.07) is 3.11. The van der Waals surface area contributed by atoms with Crippen molar-refractivity contribution in [3.05, 3.63) is 22.2 Å². The Morgan fingerprint density at radius 1 is 1.62 bits per heavy atom. The molecule has 0 saturated heterocycles. The smallest absolute Gasteiger partial charge is 0.259 e. The predicted octanol–water partition coefficient (Wildman–Crippen LogP) is 2.54. The van der Waals surface area contributed by atoms with Crippen LogP contribution in [0.2, 0.25) is 0 Å². The summed E-state index contributed by atoms with van der Waals surface area (Å²) >= 11 is 8.33. The number of phenolic OH excluding ortho intramolecular Hbond substituents is 1. The maximum absolute atomic E-state index is 10.9. The van der Waals surface area contributed by atoms with Gasteiger partial charge in [-0.1, -0.05) is 0 Å². The highest BCUT2D eigenvalue weighted by Crippen LogP contribution is 2.35. The van der Waals surface area contributed by atoms with Crippen LogP contribution in [-0.4, -0.2) is 17.5 Å². The van der Waals surface area contributed by atoms with Gasteiger partial charge in [0, 0.05) is 0 Å². The summed E-state index contributed by atoms with van der Waals surface area (Å²) in [7, 11) is 1.39. The first-order valence-electron chi connectivity index (χ1n) is 3.33. The van der Waals surface area contributed by atoms with Crippen LogP contribution in [0.3, 0.4) is 0 Å². The molecule has 1 rings (SSSR count). The molecule has 0 amide bonds. The summed E-state index contributed by atoms with van der Waals surface area (Å²) in [5.74, 6) is 0.0417. The molecule has 1 aromatic carbocycles. The van der Waals surface area contributed by atoms with Gasteiger partial charge in [0.1, 0.15) is 17.1 Å². The van der Waals surface area contributed by atoms with Gasteiger partial charge in [0.05, 0.1) is 11.6 Å². The topological polar surface area (TPSA) is 46.5 Å². The van der Waals surface area contributed by atoms with Crippen LogP contribution in [0.1, 0.15) is 10.4 Å². The number of carbonyl (C=O) groups is 1. The number of methoxy groups -OCH3 is 1.